The van der Waals surface area contributed by atoms with Gasteiger partial charge in [-0.25, -0.2) is 4.39 Å². The van der Waals surface area contributed by atoms with Gasteiger partial charge in [-0.3, -0.25) is 10.1 Å². The van der Waals surface area contributed by atoms with Crippen LogP contribution in [0.1, 0.15) is 38.9 Å². The zero-order chi connectivity index (χ0) is 42.7. The first-order valence-electron chi connectivity index (χ1n) is 20.5. The Morgan fingerprint density at radius 3 is 1.80 bits per heavy atom. The molecule has 60 heavy (non-hydrogen) atoms. The molecule has 0 atom stereocenters. The van der Waals surface area contributed by atoms with E-state index in [0.717, 1.165) is 64.5 Å². The maximum Gasteiger partial charge on any atom is 0.491 e. The second-order valence-electron chi connectivity index (χ2n) is 15.9. The number of aryl methyl sites for hydroxylation is 3. The van der Waals surface area contributed by atoms with Crippen molar-refractivity contribution in [1.82, 2.24) is 0 Å². The summed E-state index contributed by atoms with van der Waals surface area (Å²) in [5.41, 5.74) is 20.6. The smallest absolute Gasteiger partial charge is 0.446 e. The number of nitrogens with two attached hydrogens (primary N) is 1. The number of anilines is 1. The lowest BCUT2D eigenvalue weighted by molar-refractivity contribution is -0.384. The van der Waals surface area contributed by atoms with E-state index in [0.29, 0.717) is 38.5 Å². The molecule has 304 valence electrons. The van der Waals surface area contributed by atoms with E-state index < -0.39 is 19.0 Å². The molecule has 11 nitrogen and oxygen atoms in total. The Kier molecular flexibility index (Phi) is 13.7. The van der Waals surface area contributed by atoms with Gasteiger partial charge in [0, 0.05) is 17.8 Å². The van der Waals surface area contributed by atoms with Crippen LogP contribution in [0.15, 0.2) is 84.9 Å². The fourth-order valence-electron chi connectivity index (χ4n) is 8.64. The number of nitro groups is 1. The largest absolute Gasteiger partial charge is 0.491 e. The summed E-state index contributed by atoms with van der Waals surface area (Å²) in [5, 5.41) is 38.9. The first kappa shape index (κ1) is 43.4. The van der Waals surface area contributed by atoms with Crippen molar-refractivity contribution in [3.05, 3.63) is 140 Å². The van der Waals surface area contributed by atoms with Crippen molar-refractivity contribution in [3.63, 3.8) is 0 Å². The normalized spacial score (nSPS) is 15.9. The average molecular weight is 808 g/mol. The van der Waals surface area contributed by atoms with E-state index in [9.17, 15) is 29.6 Å². The Morgan fingerprint density at radius 2 is 1.15 bits per heavy atom. The minimum absolute atomic E-state index is 0.0553. The monoisotopic (exact) mass is 808 g/mol. The van der Waals surface area contributed by atoms with Crippen LogP contribution >= 0.6 is 0 Å². The molecule has 18 heteroatoms. The van der Waals surface area contributed by atoms with Crippen LogP contribution in [-0.2, 0) is 57.9 Å². The van der Waals surface area contributed by atoms with Crippen molar-refractivity contribution in [2.24, 2.45) is 0 Å². The molecule has 0 unspecified atom stereocenters. The minimum atomic E-state index is -0.744. The lowest BCUT2D eigenvalue weighted by Crippen LogP contribution is -2.32. The van der Waals surface area contributed by atoms with Crippen molar-refractivity contribution in [3.8, 4) is 0 Å². The molecule has 5 aromatic rings. The zero-order valence-corrected chi connectivity index (χ0v) is 34.4. The van der Waals surface area contributed by atoms with Gasteiger partial charge in [-0.05, 0) is 106 Å². The van der Waals surface area contributed by atoms with Crippen LogP contribution in [0.3, 0.4) is 0 Å². The maximum atomic E-state index is 13.1. The van der Waals surface area contributed by atoms with E-state index >= 15 is 0 Å². The van der Waals surface area contributed by atoms with Crippen molar-refractivity contribution in [1.29, 1.82) is 0 Å². The highest BCUT2D eigenvalue weighted by atomic mass is 19.1. The van der Waals surface area contributed by atoms with E-state index in [1.807, 2.05) is 44.0 Å². The molecule has 0 aliphatic carbocycles. The summed E-state index contributed by atoms with van der Waals surface area (Å²) in [6.45, 7) is 10.3. The van der Waals surface area contributed by atoms with Crippen molar-refractivity contribution < 1.29 is 43.0 Å². The standard InChI is InChI=1S/C9H10B2O3.C9H11BO.C8H8BFO.C8H8BNO3.C8H10BNO/c1-10-8-2-7-5-14-11(12)9(7)3-6(8)4-13-10;1-7-4-3-5-8-6-11-10(2)9(7)8;1-9-8-6(5-11-9)3-2-4-7(8)10;11-9-4-3-6-1-2-7(10(12)13)5-8(6)9;10-7-2-1-6-3-4-9(11)8(6)5-7/h2-3,12H,4-5H2,1H3;3-5H,6H2,1-2H3;2-4H,5H2,1H3;1-2,5,11H,3-4H2;1-2,5,11H,3-4,10H2. The van der Waals surface area contributed by atoms with E-state index in [1.54, 1.807) is 12.1 Å². The number of rotatable bonds is 1. The van der Waals surface area contributed by atoms with Crippen molar-refractivity contribution in [2.45, 2.75) is 79.3 Å². The summed E-state index contributed by atoms with van der Waals surface area (Å²) in [5.74, 6) is -0.146. The van der Waals surface area contributed by atoms with Crippen LogP contribution < -0.4 is 38.5 Å². The molecule has 0 aromatic heterocycles. The third kappa shape index (κ3) is 9.61. The predicted octanol–water partition coefficient (Wildman–Crippen LogP) is 2.16. The molecule has 5 aromatic carbocycles. The SMILES string of the molecule is CB1OCc2cc3c(cc21)COB3O.CB1OCc2cccc(C)c21.CB1OCc2cccc(F)c21.Nc1ccc2c(c1)B(O)CC2.O=[N+]([O-])c1ccc2c(c1)B(O)CC2. The van der Waals surface area contributed by atoms with Gasteiger partial charge in [0.05, 0.1) is 31.4 Å². The average Bonchev–Trinajstić information content (AvgIpc) is 4.11. The molecule has 0 saturated heterocycles. The van der Waals surface area contributed by atoms with Crippen LogP contribution in [0.2, 0.25) is 33.1 Å². The number of fused-ring (bicyclic) bond motifs is 6. The summed E-state index contributed by atoms with van der Waals surface area (Å²) in [6.07, 6.45) is 3.32. The van der Waals surface area contributed by atoms with Gasteiger partial charge in [0.2, 0.25) is 0 Å². The van der Waals surface area contributed by atoms with Crippen LogP contribution in [0.25, 0.3) is 0 Å². The van der Waals surface area contributed by atoms with E-state index in [1.165, 1.54) is 51.4 Å². The number of nitrogen functional groups attached to an aromatic ring is 1. The third-order valence-electron chi connectivity index (χ3n) is 11.9. The van der Waals surface area contributed by atoms with Gasteiger partial charge in [-0.1, -0.05) is 91.8 Å². The van der Waals surface area contributed by atoms with Gasteiger partial charge >= 0.3 is 41.7 Å². The van der Waals surface area contributed by atoms with E-state index in [-0.39, 0.29) is 32.3 Å². The van der Waals surface area contributed by atoms with Crippen LogP contribution in [-0.4, -0.2) is 61.7 Å². The number of nitrogens with zero attached hydrogens (tertiary/aromatic N) is 1. The maximum absolute atomic E-state index is 13.1. The number of benzene rings is 5. The molecular formula is C42H47B6FN2O9. The Balaban J connectivity index is 0.000000114. The molecule has 0 bridgehead atoms. The van der Waals surface area contributed by atoms with Gasteiger partial charge in [0.25, 0.3) is 5.69 Å². The first-order valence-corrected chi connectivity index (χ1v) is 20.5. The van der Waals surface area contributed by atoms with Gasteiger partial charge in [-0.15, -0.1) is 0 Å². The minimum Gasteiger partial charge on any atom is -0.446 e. The molecule has 0 saturated carbocycles. The fraction of sp³-hybridized carbons (Fsp3) is 0.286. The number of halogens is 1. The summed E-state index contributed by atoms with van der Waals surface area (Å²) in [6, 6.07) is 26.0. The Hall–Kier alpha value is -4.66. The van der Waals surface area contributed by atoms with E-state index in [2.05, 4.69) is 38.0 Å². The highest BCUT2D eigenvalue weighted by molar-refractivity contribution is 6.70. The topological polar surface area (TPSA) is 167 Å². The van der Waals surface area contributed by atoms with Crippen LogP contribution in [0, 0.1) is 22.9 Å². The van der Waals surface area contributed by atoms with Crippen LogP contribution in [0.4, 0.5) is 15.8 Å². The summed E-state index contributed by atoms with van der Waals surface area (Å²) in [4.78, 5) is 9.99. The third-order valence-corrected chi connectivity index (χ3v) is 11.9. The van der Waals surface area contributed by atoms with Crippen molar-refractivity contribution in [2.75, 3.05) is 5.73 Å². The van der Waals surface area contributed by atoms with E-state index in [4.69, 9.17) is 24.4 Å². The molecule has 11 rings (SSSR count). The van der Waals surface area contributed by atoms with Gasteiger partial charge < -0.3 is 39.4 Å². The predicted molar refractivity (Wildman–Crippen MR) is 241 cm³/mol. The summed E-state index contributed by atoms with van der Waals surface area (Å²) in [7, 11) is -0.744. The van der Waals surface area contributed by atoms with Crippen LogP contribution in [0.5, 0.6) is 0 Å². The number of non-ortho nitro benzene ring substituents is 1. The highest BCUT2D eigenvalue weighted by Crippen LogP contribution is 2.19. The van der Waals surface area contributed by atoms with Crippen molar-refractivity contribution >= 4 is 85.8 Å². The molecule has 0 radical (unpaired) electrons. The lowest BCUT2D eigenvalue weighted by Gasteiger charge is -2.03. The quantitative estimate of drug-likeness (QED) is 0.0854. The molecule has 6 aliphatic rings. The number of hydrogen-bond donors (Lipinski definition) is 4. The molecule has 0 spiro atoms. The summed E-state index contributed by atoms with van der Waals surface area (Å²) >= 11 is 0. The highest BCUT2D eigenvalue weighted by Gasteiger charge is 2.33. The molecule has 5 N–H and O–H groups in total. The molecule has 6 heterocycles. The Morgan fingerprint density at radius 1 is 0.617 bits per heavy atom. The number of hydrogen-bond acceptors (Lipinski definition) is 10. The molecular weight excluding hydrogens is 760 g/mol. The first-order chi connectivity index (χ1) is 28.8. The Bertz CT molecular complexity index is 2280. The van der Waals surface area contributed by atoms with Gasteiger partial charge in [-0.2, -0.15) is 0 Å². The number of nitro benzene ring substituents is 1. The second-order valence-corrected chi connectivity index (χ2v) is 15.9. The lowest BCUT2D eigenvalue weighted by atomic mass is 9.62. The molecule has 0 amide bonds. The summed E-state index contributed by atoms with van der Waals surface area (Å²) < 4.78 is 34.5. The van der Waals surface area contributed by atoms with Gasteiger partial charge in [0.1, 0.15) is 5.82 Å². The molecule has 6 aliphatic heterocycles. The zero-order valence-electron chi connectivity index (χ0n) is 34.4. The fourth-order valence-corrected chi connectivity index (χ4v) is 8.64. The Labute approximate surface area is 352 Å². The van der Waals surface area contributed by atoms with Gasteiger partial charge in [0.15, 0.2) is 0 Å². The second kappa shape index (κ2) is 18.9. The molecule has 0 fully saturated rings.